The summed E-state index contributed by atoms with van der Waals surface area (Å²) >= 11 is 3.55. The number of Topliss-reactive ketones (excluding diaryl/α,β-unsaturated/α-hetero) is 1. The quantitative estimate of drug-likeness (QED) is 0.495. The second kappa shape index (κ2) is 8.38. The number of carbonyl (C=O) groups excluding carboxylic acids is 1. The van der Waals surface area contributed by atoms with Crippen molar-refractivity contribution < 1.29 is 14.3 Å². The van der Waals surface area contributed by atoms with Crippen molar-refractivity contribution >= 4 is 27.3 Å². The Balaban J connectivity index is 1.60. The van der Waals surface area contributed by atoms with Gasteiger partial charge < -0.3 is 5.11 Å². The maximum atomic E-state index is 13.5. The number of allylic oxidation sites excluding steroid dienone is 2. The molecule has 0 bridgehead atoms. The fourth-order valence-corrected chi connectivity index (χ4v) is 5.12. The van der Waals surface area contributed by atoms with Gasteiger partial charge in [0.05, 0.1) is 17.8 Å². The minimum absolute atomic E-state index is 0.0845. The van der Waals surface area contributed by atoms with Gasteiger partial charge in [-0.1, -0.05) is 39.3 Å². The third-order valence-electron chi connectivity index (χ3n) is 5.88. The van der Waals surface area contributed by atoms with E-state index in [-0.39, 0.29) is 29.3 Å². The maximum Gasteiger partial charge on any atom is 0.167 e. The molecular weight excluding hydrogens is 461 g/mol. The van der Waals surface area contributed by atoms with Crippen LogP contribution in [0, 0.1) is 25.6 Å². The normalized spacial score (nSPS) is 17.8. The number of aromatic nitrogens is 3. The molecule has 7 heteroatoms. The van der Waals surface area contributed by atoms with Gasteiger partial charge in [0.2, 0.25) is 0 Å². The van der Waals surface area contributed by atoms with Gasteiger partial charge in [-0.2, -0.15) is 0 Å². The van der Waals surface area contributed by atoms with Crippen molar-refractivity contribution in [2.24, 2.45) is 5.92 Å². The van der Waals surface area contributed by atoms with Crippen LogP contribution in [0.5, 0.6) is 0 Å². The Bertz CT molecular complexity index is 1180. The number of hydrogen-bond donors (Lipinski definition) is 1. The second-order valence-corrected chi connectivity index (χ2v) is 9.04. The predicted octanol–water partition coefficient (Wildman–Crippen LogP) is 5.97. The maximum absolute atomic E-state index is 13.5. The van der Waals surface area contributed by atoms with Crippen LogP contribution in [0.25, 0.3) is 16.8 Å². The predicted molar refractivity (Wildman–Crippen MR) is 121 cm³/mol. The fraction of sp³-hybridized carbons (Fsp3) is 0.292. The van der Waals surface area contributed by atoms with Crippen LogP contribution in [0.1, 0.15) is 42.5 Å². The van der Waals surface area contributed by atoms with Crippen LogP contribution in [0.2, 0.25) is 0 Å². The van der Waals surface area contributed by atoms with E-state index in [2.05, 4.69) is 26.2 Å². The molecule has 0 amide bonds. The van der Waals surface area contributed by atoms with Gasteiger partial charge in [0, 0.05) is 28.4 Å². The summed E-state index contributed by atoms with van der Waals surface area (Å²) < 4.78 is 16.0. The lowest BCUT2D eigenvalue weighted by atomic mass is 9.80. The third kappa shape index (κ3) is 4.19. The lowest BCUT2D eigenvalue weighted by Gasteiger charge is -2.29. The van der Waals surface area contributed by atoms with Crippen molar-refractivity contribution in [3.63, 3.8) is 0 Å². The molecule has 0 spiro atoms. The van der Waals surface area contributed by atoms with Crippen molar-refractivity contribution in [2.45, 2.75) is 39.7 Å². The number of halogens is 2. The van der Waals surface area contributed by atoms with Crippen molar-refractivity contribution in [2.75, 3.05) is 0 Å². The molecule has 2 aromatic carbocycles. The Morgan fingerprint density at radius 2 is 2.00 bits per heavy atom. The van der Waals surface area contributed by atoms with Gasteiger partial charge in [0.1, 0.15) is 17.3 Å². The highest BCUT2D eigenvalue weighted by molar-refractivity contribution is 9.10. The van der Waals surface area contributed by atoms with E-state index in [0.29, 0.717) is 29.7 Å². The summed E-state index contributed by atoms with van der Waals surface area (Å²) in [6.45, 7) is 5.89. The Morgan fingerprint density at radius 3 is 2.68 bits per heavy atom. The van der Waals surface area contributed by atoms with Crippen LogP contribution in [-0.4, -0.2) is 25.9 Å². The summed E-state index contributed by atoms with van der Waals surface area (Å²) in [5.74, 6) is -0.439. The summed E-state index contributed by atoms with van der Waals surface area (Å²) in [5.41, 5.74) is 4.39. The Hall–Kier alpha value is -2.80. The van der Waals surface area contributed by atoms with E-state index in [1.54, 1.807) is 23.0 Å². The molecule has 1 heterocycles. The molecular formula is C24H23BrFN3O2. The monoisotopic (exact) mass is 483 g/mol. The van der Waals surface area contributed by atoms with Crippen molar-refractivity contribution in [1.29, 1.82) is 0 Å². The number of aliphatic hydroxyl groups is 1. The summed E-state index contributed by atoms with van der Waals surface area (Å²) in [6, 6.07) is 9.98. The van der Waals surface area contributed by atoms with Gasteiger partial charge in [-0.3, -0.25) is 4.79 Å². The first-order chi connectivity index (χ1) is 14.7. The number of nitrogens with zero attached hydrogens (tertiary/aromatic N) is 3. The fourth-order valence-electron chi connectivity index (χ4n) is 4.25. The molecule has 1 aliphatic carbocycles. The first-order valence-corrected chi connectivity index (χ1v) is 10.9. The van der Waals surface area contributed by atoms with Gasteiger partial charge >= 0.3 is 0 Å². The zero-order valence-corrected chi connectivity index (χ0v) is 19.1. The SMILES string of the molecule is Cc1cc(C)c(C2=C(O)CC(C(C)n3cc(-c4cccc(F)c4)nn3)CC2=O)c(Br)c1. The smallest absolute Gasteiger partial charge is 0.167 e. The van der Waals surface area contributed by atoms with Gasteiger partial charge in [-0.25, -0.2) is 9.07 Å². The molecule has 0 aliphatic heterocycles. The number of ketones is 1. The van der Waals surface area contributed by atoms with E-state index < -0.39 is 0 Å². The molecule has 0 saturated carbocycles. The molecule has 0 fully saturated rings. The molecule has 1 N–H and O–H groups in total. The standard InChI is InChI=1S/C24H23BrFN3O2/c1-13-7-14(2)23(19(25)8-13)24-21(30)10-17(11-22(24)31)15(3)29-12-20(27-28-29)16-5-4-6-18(26)9-16/h4-9,12,15,17,30H,10-11H2,1-3H3. The Kier molecular flexibility index (Phi) is 5.79. The molecule has 2 atom stereocenters. The number of aryl methyl sites for hydroxylation is 2. The van der Waals surface area contributed by atoms with E-state index in [9.17, 15) is 14.3 Å². The molecule has 0 saturated heterocycles. The molecule has 160 valence electrons. The van der Waals surface area contributed by atoms with Crippen LogP contribution in [0.3, 0.4) is 0 Å². The molecule has 5 nitrogen and oxygen atoms in total. The average molecular weight is 484 g/mol. The molecule has 0 radical (unpaired) electrons. The first kappa shape index (κ1) is 21.4. The van der Waals surface area contributed by atoms with Crippen LogP contribution in [-0.2, 0) is 4.79 Å². The third-order valence-corrected chi connectivity index (χ3v) is 6.51. The Morgan fingerprint density at radius 1 is 1.23 bits per heavy atom. The summed E-state index contributed by atoms with van der Waals surface area (Å²) in [4.78, 5) is 13.1. The van der Waals surface area contributed by atoms with Crippen LogP contribution >= 0.6 is 15.9 Å². The molecule has 2 unspecified atom stereocenters. The van der Waals surface area contributed by atoms with Gasteiger partial charge in [-0.05, 0) is 56.0 Å². The van der Waals surface area contributed by atoms with Gasteiger partial charge in [0.15, 0.2) is 5.78 Å². The second-order valence-electron chi connectivity index (χ2n) is 8.19. The number of carbonyl (C=O) groups is 1. The van der Waals surface area contributed by atoms with Crippen LogP contribution in [0.4, 0.5) is 4.39 Å². The highest BCUT2D eigenvalue weighted by Crippen LogP contribution is 2.40. The lowest BCUT2D eigenvalue weighted by Crippen LogP contribution is -2.26. The van der Waals surface area contributed by atoms with E-state index in [1.807, 2.05) is 32.9 Å². The minimum atomic E-state index is -0.335. The van der Waals surface area contributed by atoms with E-state index in [4.69, 9.17) is 0 Å². The Labute approximate surface area is 188 Å². The highest BCUT2D eigenvalue weighted by atomic mass is 79.9. The van der Waals surface area contributed by atoms with Crippen molar-refractivity contribution in [3.05, 3.63) is 75.3 Å². The van der Waals surface area contributed by atoms with E-state index >= 15 is 0 Å². The van der Waals surface area contributed by atoms with Gasteiger partial charge in [0.25, 0.3) is 0 Å². The van der Waals surface area contributed by atoms with Crippen molar-refractivity contribution in [3.8, 4) is 11.3 Å². The van der Waals surface area contributed by atoms with Crippen LogP contribution in [0.15, 0.2) is 52.8 Å². The van der Waals surface area contributed by atoms with Gasteiger partial charge in [-0.15, -0.1) is 5.10 Å². The van der Waals surface area contributed by atoms with Crippen molar-refractivity contribution in [1.82, 2.24) is 15.0 Å². The zero-order chi connectivity index (χ0) is 22.3. The number of rotatable bonds is 4. The molecule has 3 aromatic rings. The van der Waals surface area contributed by atoms with E-state index in [1.165, 1.54) is 12.1 Å². The number of benzene rings is 2. The zero-order valence-electron chi connectivity index (χ0n) is 17.6. The lowest BCUT2D eigenvalue weighted by molar-refractivity contribution is -0.115. The van der Waals surface area contributed by atoms with Crippen LogP contribution < -0.4 is 0 Å². The largest absolute Gasteiger partial charge is 0.512 e. The average Bonchev–Trinajstić information content (AvgIpc) is 3.19. The summed E-state index contributed by atoms with van der Waals surface area (Å²) in [6.07, 6.45) is 2.42. The molecule has 31 heavy (non-hydrogen) atoms. The minimum Gasteiger partial charge on any atom is -0.512 e. The number of aliphatic hydroxyl groups excluding tert-OH is 1. The highest BCUT2D eigenvalue weighted by Gasteiger charge is 2.34. The molecule has 4 rings (SSSR count). The van der Waals surface area contributed by atoms with E-state index in [0.717, 1.165) is 21.2 Å². The first-order valence-electron chi connectivity index (χ1n) is 10.1. The number of hydrogen-bond acceptors (Lipinski definition) is 4. The summed E-state index contributed by atoms with van der Waals surface area (Å²) in [7, 11) is 0. The summed E-state index contributed by atoms with van der Waals surface area (Å²) in [5, 5.41) is 19.2. The topological polar surface area (TPSA) is 68.0 Å². The molecule has 1 aliphatic rings. The molecule has 1 aromatic heterocycles.